The third kappa shape index (κ3) is 4.34. The lowest BCUT2D eigenvalue weighted by Crippen LogP contribution is -2.26. The van der Waals surface area contributed by atoms with E-state index >= 15 is 0 Å². The van der Waals surface area contributed by atoms with Gasteiger partial charge in [0.2, 0.25) is 0 Å². The van der Waals surface area contributed by atoms with Gasteiger partial charge in [-0.15, -0.1) is 0 Å². The largest absolute Gasteiger partial charge is 0.392 e. The van der Waals surface area contributed by atoms with E-state index < -0.39 is 0 Å². The number of thioether (sulfide) groups is 1. The average Bonchev–Trinajstić information content (AvgIpc) is 2.19. The van der Waals surface area contributed by atoms with Crippen LogP contribution in [0.2, 0.25) is 0 Å². The minimum Gasteiger partial charge on any atom is -0.392 e. The molecule has 3 heteroatoms. The molecule has 1 heterocycles. The molecule has 2 nitrogen and oxygen atoms in total. The van der Waals surface area contributed by atoms with Crippen LogP contribution < -0.4 is 0 Å². The average molecular weight is 204 g/mol. The minimum atomic E-state index is -0.111. The predicted molar refractivity (Wildman–Crippen MR) is 57.2 cm³/mol. The molecule has 0 spiro atoms. The Bertz CT molecular complexity index is 124. The summed E-state index contributed by atoms with van der Waals surface area (Å²) < 4.78 is 4.96. The molecule has 1 rings (SSSR count). The molecule has 0 bridgehead atoms. The first-order valence-corrected chi connectivity index (χ1v) is 6.18. The molecule has 0 radical (unpaired) electrons. The first-order valence-electron chi connectivity index (χ1n) is 5.13. The molecular weight excluding hydrogens is 184 g/mol. The lowest BCUT2D eigenvalue weighted by Gasteiger charge is -2.25. The first-order chi connectivity index (χ1) is 6.34. The number of aliphatic hydroxyl groups is 1. The van der Waals surface area contributed by atoms with Crippen molar-refractivity contribution < 1.29 is 9.84 Å². The second-order valence-electron chi connectivity index (χ2n) is 3.61. The summed E-state index contributed by atoms with van der Waals surface area (Å²) in [7, 11) is 1.71. The maximum absolute atomic E-state index is 9.82. The van der Waals surface area contributed by atoms with Gasteiger partial charge in [0, 0.05) is 19.0 Å². The topological polar surface area (TPSA) is 29.5 Å². The van der Waals surface area contributed by atoms with Crippen molar-refractivity contribution in [2.75, 3.05) is 19.5 Å². The molecule has 1 N–H and O–H groups in total. The summed E-state index contributed by atoms with van der Waals surface area (Å²) in [6.07, 6.45) is 5.57. The summed E-state index contributed by atoms with van der Waals surface area (Å²) in [6, 6.07) is 0. The molecule has 0 saturated carbocycles. The van der Waals surface area contributed by atoms with E-state index in [4.69, 9.17) is 4.74 Å². The summed E-state index contributed by atoms with van der Waals surface area (Å²) in [4.78, 5) is 0. The predicted octanol–water partition coefficient (Wildman–Crippen LogP) is 2.06. The highest BCUT2D eigenvalue weighted by atomic mass is 32.2. The fourth-order valence-corrected chi connectivity index (χ4v) is 3.06. The van der Waals surface area contributed by atoms with E-state index in [0.717, 1.165) is 19.4 Å². The molecule has 0 aromatic rings. The molecule has 0 aliphatic carbocycles. The summed E-state index contributed by atoms with van der Waals surface area (Å²) in [5.41, 5.74) is 0. The van der Waals surface area contributed by atoms with Crippen molar-refractivity contribution in [3.05, 3.63) is 0 Å². The number of rotatable bonds is 5. The molecule has 0 amide bonds. The number of hydrogen-bond donors (Lipinski definition) is 1. The summed E-state index contributed by atoms with van der Waals surface area (Å²) >= 11 is 1.94. The highest BCUT2D eigenvalue weighted by molar-refractivity contribution is 8.00. The van der Waals surface area contributed by atoms with Crippen molar-refractivity contribution in [3.8, 4) is 0 Å². The normalized spacial score (nSPS) is 25.8. The maximum atomic E-state index is 9.82. The smallest absolute Gasteiger partial charge is 0.0659 e. The van der Waals surface area contributed by atoms with Crippen LogP contribution in [0.15, 0.2) is 0 Å². The van der Waals surface area contributed by atoms with Gasteiger partial charge in [0.1, 0.15) is 0 Å². The van der Waals surface area contributed by atoms with Crippen LogP contribution in [0.3, 0.4) is 0 Å². The molecule has 1 aliphatic heterocycles. The van der Waals surface area contributed by atoms with Gasteiger partial charge < -0.3 is 9.84 Å². The fraction of sp³-hybridized carbons (Fsp3) is 1.00. The van der Waals surface area contributed by atoms with Crippen molar-refractivity contribution >= 4 is 11.8 Å². The molecule has 1 aliphatic rings. The highest BCUT2D eigenvalue weighted by Gasteiger charge is 2.21. The zero-order chi connectivity index (χ0) is 9.52. The quantitative estimate of drug-likeness (QED) is 0.695. The third-order valence-electron chi connectivity index (χ3n) is 2.49. The van der Waals surface area contributed by atoms with Crippen LogP contribution in [-0.2, 0) is 4.74 Å². The Morgan fingerprint density at radius 2 is 2.38 bits per heavy atom. The van der Waals surface area contributed by atoms with E-state index in [1.807, 2.05) is 11.8 Å². The lowest BCUT2D eigenvalue weighted by atomic mass is 10.1. The Balaban J connectivity index is 2.09. The molecule has 0 aromatic heterocycles. The number of aliphatic hydroxyl groups excluding tert-OH is 1. The van der Waals surface area contributed by atoms with E-state index in [-0.39, 0.29) is 6.10 Å². The summed E-state index contributed by atoms with van der Waals surface area (Å²) in [6.45, 7) is 0.772. The van der Waals surface area contributed by atoms with Gasteiger partial charge in [-0.05, 0) is 31.4 Å². The molecule has 1 fully saturated rings. The molecule has 78 valence electrons. The zero-order valence-electron chi connectivity index (χ0n) is 8.37. The van der Waals surface area contributed by atoms with Gasteiger partial charge in [0.15, 0.2) is 0 Å². The van der Waals surface area contributed by atoms with Crippen molar-refractivity contribution in [2.45, 2.75) is 43.5 Å². The van der Waals surface area contributed by atoms with Crippen molar-refractivity contribution in [2.24, 2.45) is 0 Å². The van der Waals surface area contributed by atoms with Crippen molar-refractivity contribution in [1.82, 2.24) is 0 Å². The van der Waals surface area contributed by atoms with Crippen LogP contribution in [0.4, 0.5) is 0 Å². The maximum Gasteiger partial charge on any atom is 0.0659 e. The molecule has 2 atom stereocenters. The Morgan fingerprint density at radius 1 is 1.54 bits per heavy atom. The second-order valence-corrected chi connectivity index (χ2v) is 4.95. The van der Waals surface area contributed by atoms with Crippen LogP contribution in [0.5, 0.6) is 0 Å². The van der Waals surface area contributed by atoms with Crippen LogP contribution in [0.25, 0.3) is 0 Å². The van der Waals surface area contributed by atoms with Gasteiger partial charge in [-0.2, -0.15) is 11.8 Å². The van der Waals surface area contributed by atoms with Crippen LogP contribution in [0.1, 0.15) is 32.1 Å². The molecular formula is C10H20O2S. The highest BCUT2D eigenvalue weighted by Crippen LogP contribution is 2.28. The summed E-state index contributed by atoms with van der Waals surface area (Å²) in [5.74, 6) is 1.23. The second kappa shape index (κ2) is 6.68. The van der Waals surface area contributed by atoms with Crippen LogP contribution in [-0.4, -0.2) is 35.9 Å². The van der Waals surface area contributed by atoms with E-state index in [1.165, 1.54) is 25.0 Å². The number of hydrogen-bond acceptors (Lipinski definition) is 3. The van der Waals surface area contributed by atoms with E-state index in [0.29, 0.717) is 5.25 Å². The molecule has 1 saturated heterocycles. The van der Waals surface area contributed by atoms with E-state index in [1.54, 1.807) is 7.11 Å². The van der Waals surface area contributed by atoms with Gasteiger partial charge in [0.25, 0.3) is 0 Å². The third-order valence-corrected chi connectivity index (χ3v) is 3.99. The van der Waals surface area contributed by atoms with Crippen molar-refractivity contribution in [1.29, 1.82) is 0 Å². The minimum absolute atomic E-state index is 0.111. The van der Waals surface area contributed by atoms with E-state index in [2.05, 4.69) is 0 Å². The van der Waals surface area contributed by atoms with E-state index in [9.17, 15) is 5.11 Å². The molecule has 2 unspecified atom stereocenters. The molecule has 0 aromatic carbocycles. The Labute approximate surface area is 85.0 Å². The molecule has 13 heavy (non-hydrogen) atoms. The van der Waals surface area contributed by atoms with Gasteiger partial charge in [0.05, 0.1) is 6.10 Å². The number of methoxy groups -OCH3 is 1. The standard InChI is InChI=1S/C10H20O2S/c1-12-7-4-5-9(11)10-6-2-3-8-13-10/h9-11H,2-8H2,1H3. The van der Waals surface area contributed by atoms with Gasteiger partial charge in [-0.1, -0.05) is 6.42 Å². The Hall–Kier alpha value is 0.270. The Morgan fingerprint density at radius 3 is 3.00 bits per heavy atom. The Kier molecular flexibility index (Phi) is 5.83. The number of ether oxygens (including phenoxy) is 1. The SMILES string of the molecule is COCCCC(O)C1CCCCS1. The lowest BCUT2D eigenvalue weighted by molar-refractivity contribution is 0.130. The zero-order valence-corrected chi connectivity index (χ0v) is 9.18. The first kappa shape index (κ1) is 11.3. The fourth-order valence-electron chi connectivity index (χ4n) is 1.69. The van der Waals surface area contributed by atoms with Crippen LogP contribution >= 0.6 is 11.8 Å². The van der Waals surface area contributed by atoms with Gasteiger partial charge in [-0.25, -0.2) is 0 Å². The monoisotopic (exact) mass is 204 g/mol. The summed E-state index contributed by atoms with van der Waals surface area (Å²) in [5, 5.41) is 10.3. The van der Waals surface area contributed by atoms with Crippen LogP contribution in [0, 0.1) is 0 Å². The van der Waals surface area contributed by atoms with Crippen molar-refractivity contribution in [3.63, 3.8) is 0 Å². The van der Waals surface area contributed by atoms with Gasteiger partial charge >= 0.3 is 0 Å². The van der Waals surface area contributed by atoms with Gasteiger partial charge in [-0.3, -0.25) is 0 Å².